The number of rotatable bonds is 12. The number of aromatic amines is 2. The minimum Gasteiger partial charge on any atom is -0.453 e. The number of carbonyl (C=O) groups is 3. The minimum absolute atomic E-state index is 0.162. The van der Waals surface area contributed by atoms with Gasteiger partial charge in [0.1, 0.15) is 23.7 Å². The molecule has 3 aromatic carbocycles. The predicted octanol–water partition coefficient (Wildman–Crippen LogP) is 6.01. The monoisotopic (exact) mass is 797 g/mol. The summed E-state index contributed by atoms with van der Waals surface area (Å²) in [6.07, 6.45) is 6.67. The number of alkyl carbamates (subject to hydrolysis) is 1. The van der Waals surface area contributed by atoms with E-state index >= 15 is 0 Å². The summed E-state index contributed by atoms with van der Waals surface area (Å²) in [6.45, 7) is 2.82. The molecule has 2 fully saturated rings. The highest BCUT2D eigenvalue weighted by atomic mass is 16.6. The molecule has 2 aliphatic heterocycles. The molecule has 59 heavy (non-hydrogen) atoms. The molecule has 5 atom stereocenters. The van der Waals surface area contributed by atoms with E-state index in [-0.39, 0.29) is 23.9 Å². The van der Waals surface area contributed by atoms with Crippen LogP contribution in [0.3, 0.4) is 0 Å². The van der Waals surface area contributed by atoms with Gasteiger partial charge in [0.25, 0.3) is 0 Å². The number of nitrogens with zero attached hydrogens (tertiary/aromatic N) is 5. The smallest absolute Gasteiger partial charge is 0.407 e. The van der Waals surface area contributed by atoms with E-state index < -0.39 is 24.6 Å². The van der Waals surface area contributed by atoms with Crippen LogP contribution in [0.25, 0.3) is 44.5 Å². The Morgan fingerprint density at radius 3 is 1.95 bits per heavy atom. The van der Waals surface area contributed by atoms with Crippen LogP contribution in [-0.4, -0.2) is 97.5 Å². The Bertz CT molecular complexity index is 2430. The van der Waals surface area contributed by atoms with Gasteiger partial charge >= 0.3 is 6.09 Å². The third-order valence-corrected chi connectivity index (χ3v) is 11.2. The van der Waals surface area contributed by atoms with Crippen molar-refractivity contribution in [1.29, 1.82) is 0 Å². The molecule has 2 aliphatic rings. The summed E-state index contributed by atoms with van der Waals surface area (Å²) in [7, 11) is 2.65. The zero-order valence-electron chi connectivity index (χ0n) is 33.1. The molecule has 3 aromatic heterocycles. The first kappa shape index (κ1) is 39.4. The number of ether oxygens (including phenoxy) is 2. The van der Waals surface area contributed by atoms with Crippen LogP contribution in [0.4, 0.5) is 4.79 Å². The average Bonchev–Trinajstić information content (AvgIpc) is 4.12. The average molecular weight is 798 g/mol. The number of aliphatic hydroxyl groups excluding tert-OH is 1. The molecule has 304 valence electrons. The van der Waals surface area contributed by atoms with Gasteiger partial charge in [-0.2, -0.15) is 0 Å². The third-order valence-electron chi connectivity index (χ3n) is 11.2. The molecule has 0 radical (unpaired) electrons. The van der Waals surface area contributed by atoms with Crippen molar-refractivity contribution in [2.24, 2.45) is 0 Å². The summed E-state index contributed by atoms with van der Waals surface area (Å²) in [6, 6.07) is 23.9. The third kappa shape index (κ3) is 8.30. The molecule has 8 rings (SSSR count). The normalized spacial score (nSPS) is 18.2. The molecular formula is C44H47N9O6. The van der Waals surface area contributed by atoms with Crippen LogP contribution in [0.15, 0.2) is 97.5 Å². The van der Waals surface area contributed by atoms with E-state index in [0.29, 0.717) is 24.7 Å². The van der Waals surface area contributed by atoms with Crippen molar-refractivity contribution in [3.63, 3.8) is 0 Å². The summed E-state index contributed by atoms with van der Waals surface area (Å²) in [4.78, 5) is 63.4. The molecule has 1 unspecified atom stereocenters. The van der Waals surface area contributed by atoms with E-state index in [1.807, 2.05) is 53.6 Å². The Labute approximate surface area is 341 Å². The molecule has 0 spiro atoms. The predicted molar refractivity (Wildman–Crippen MR) is 220 cm³/mol. The molecule has 0 aliphatic carbocycles. The van der Waals surface area contributed by atoms with Crippen LogP contribution < -0.4 is 10.6 Å². The lowest BCUT2D eigenvalue weighted by Crippen LogP contribution is -2.46. The maximum atomic E-state index is 13.9. The maximum Gasteiger partial charge on any atom is 0.407 e. The van der Waals surface area contributed by atoms with E-state index in [0.717, 1.165) is 75.8 Å². The molecule has 5 heterocycles. The fourth-order valence-electron chi connectivity index (χ4n) is 8.11. The summed E-state index contributed by atoms with van der Waals surface area (Å²) >= 11 is 0. The number of H-pyrrole nitrogens is 2. The van der Waals surface area contributed by atoms with E-state index in [2.05, 4.69) is 66.7 Å². The number of carbonyl (C=O) groups excluding carboxylic acids is 3. The summed E-state index contributed by atoms with van der Waals surface area (Å²) < 4.78 is 9.68. The van der Waals surface area contributed by atoms with Crippen molar-refractivity contribution in [3.8, 4) is 33.8 Å². The number of imidazole rings is 2. The molecular weight excluding hydrogens is 751 g/mol. The molecule has 0 bridgehead atoms. The molecule has 6 aromatic rings. The van der Waals surface area contributed by atoms with Crippen LogP contribution in [0, 0.1) is 0 Å². The van der Waals surface area contributed by atoms with Crippen LogP contribution in [0.1, 0.15) is 67.9 Å². The number of aromatic nitrogens is 5. The fourth-order valence-corrected chi connectivity index (χ4v) is 8.11. The van der Waals surface area contributed by atoms with Gasteiger partial charge in [-0.3, -0.25) is 19.9 Å². The van der Waals surface area contributed by atoms with Gasteiger partial charge in [0.2, 0.25) is 18.2 Å². The van der Waals surface area contributed by atoms with Crippen LogP contribution in [-0.2, 0) is 19.1 Å². The van der Waals surface area contributed by atoms with Gasteiger partial charge in [-0.05, 0) is 73.2 Å². The van der Waals surface area contributed by atoms with Crippen molar-refractivity contribution < 1.29 is 29.0 Å². The number of fused-ring (bicyclic) bond motifs is 1. The summed E-state index contributed by atoms with van der Waals surface area (Å²) in [5.74, 6) is 1.08. The van der Waals surface area contributed by atoms with Gasteiger partial charge in [-0.1, -0.05) is 54.6 Å². The first-order chi connectivity index (χ1) is 28.7. The van der Waals surface area contributed by atoms with E-state index in [9.17, 15) is 19.5 Å². The Balaban J connectivity index is 0.939. The second-order valence-electron chi connectivity index (χ2n) is 14.9. The lowest BCUT2D eigenvalue weighted by molar-refractivity contribution is -0.143. The maximum absolute atomic E-state index is 13.9. The van der Waals surface area contributed by atoms with Crippen LogP contribution in [0.2, 0.25) is 0 Å². The topological polar surface area (TPSA) is 191 Å². The van der Waals surface area contributed by atoms with Gasteiger partial charge in [0.05, 0.1) is 48.7 Å². The van der Waals surface area contributed by atoms with Crippen molar-refractivity contribution in [2.75, 3.05) is 27.3 Å². The van der Waals surface area contributed by atoms with Crippen LogP contribution >= 0.6 is 0 Å². The SMILES string of the molecule is COC(=O)N[C@@H](C)C(=O)N1CCC[C@H]1c1ncc(-c2ccc3cc(-c4ccc(-c5cnc([C@@H]6CCCN6C(=O)[C@H](NC(O)OC)c6ccccc6)[nH]5)cn4)ccc3c2)[nH]1. The zero-order chi connectivity index (χ0) is 41.0. The highest BCUT2D eigenvalue weighted by Crippen LogP contribution is 2.36. The fraction of sp³-hybridized carbons (Fsp3) is 0.318. The minimum atomic E-state index is -1.30. The highest BCUT2D eigenvalue weighted by molar-refractivity contribution is 5.90. The first-order valence-electron chi connectivity index (χ1n) is 19.8. The number of nitrogens with one attached hydrogen (secondary N) is 4. The Kier molecular flexibility index (Phi) is 11.5. The van der Waals surface area contributed by atoms with Gasteiger partial charge in [0, 0.05) is 43.1 Å². The molecule has 3 amide bonds. The lowest BCUT2D eigenvalue weighted by atomic mass is 10.0. The second kappa shape index (κ2) is 17.2. The second-order valence-corrected chi connectivity index (χ2v) is 14.9. The Morgan fingerprint density at radius 2 is 1.34 bits per heavy atom. The van der Waals surface area contributed by atoms with Gasteiger partial charge in [0.15, 0.2) is 0 Å². The molecule has 5 N–H and O–H groups in total. The number of likely N-dealkylation sites (tertiary alicyclic amines) is 2. The summed E-state index contributed by atoms with van der Waals surface area (Å²) in [5, 5.41) is 17.8. The Morgan fingerprint density at radius 1 is 0.746 bits per heavy atom. The Hall–Kier alpha value is -6.42. The standard InChI is InChI=1S/C44H47N9O6/c1-26(48-43(56)58-2)41(54)52-19-7-11-36(52)39-46-24-34(49-39)31-16-14-28-21-30(15-13-29(28)22-31)33-18-17-32(23-45-33)35-25-47-40(50-35)37-12-8-20-53(37)42(55)38(51-44(57)59-3)27-9-5-4-6-10-27/h4-6,9-10,13-18,21-26,36-38,44,51,57H,7-8,11-12,19-20H2,1-3H3,(H,46,49)(H,47,50)(H,48,56)/t26-,36-,37-,38+,44?/m0/s1. The van der Waals surface area contributed by atoms with Gasteiger partial charge in [-0.15, -0.1) is 0 Å². The number of hydrogen-bond acceptors (Lipinski definition) is 10. The number of aliphatic hydroxyl groups is 1. The zero-order valence-corrected chi connectivity index (χ0v) is 33.1. The van der Waals surface area contributed by atoms with E-state index in [1.165, 1.54) is 14.2 Å². The van der Waals surface area contributed by atoms with Crippen molar-refractivity contribution in [2.45, 2.75) is 63.2 Å². The van der Waals surface area contributed by atoms with Gasteiger partial charge in [-0.25, -0.2) is 14.8 Å². The van der Waals surface area contributed by atoms with Crippen molar-refractivity contribution >= 4 is 28.7 Å². The van der Waals surface area contributed by atoms with Crippen LogP contribution in [0.5, 0.6) is 0 Å². The number of methoxy groups -OCH3 is 2. The highest BCUT2D eigenvalue weighted by Gasteiger charge is 2.37. The van der Waals surface area contributed by atoms with E-state index in [4.69, 9.17) is 14.7 Å². The lowest BCUT2D eigenvalue weighted by Gasteiger charge is -2.29. The number of hydrogen-bond donors (Lipinski definition) is 5. The number of pyridine rings is 1. The van der Waals surface area contributed by atoms with Crippen molar-refractivity contribution in [3.05, 3.63) is 115 Å². The quantitative estimate of drug-likeness (QED) is 0.0918. The molecule has 15 heteroatoms. The number of benzene rings is 3. The summed E-state index contributed by atoms with van der Waals surface area (Å²) in [5.41, 5.74) is 6.05. The van der Waals surface area contributed by atoms with Crippen molar-refractivity contribution in [1.82, 2.24) is 45.4 Å². The van der Waals surface area contributed by atoms with Gasteiger partial charge < -0.3 is 39.7 Å². The largest absolute Gasteiger partial charge is 0.453 e. The number of amides is 3. The molecule has 0 saturated carbocycles. The van der Waals surface area contributed by atoms with E-state index in [1.54, 1.807) is 24.2 Å². The molecule has 2 saturated heterocycles. The first-order valence-corrected chi connectivity index (χ1v) is 19.8. The molecule has 15 nitrogen and oxygen atoms in total.